The zero-order valence-corrected chi connectivity index (χ0v) is 17.5. The summed E-state index contributed by atoms with van der Waals surface area (Å²) in [6.07, 6.45) is 0.373. The number of nitrogens with one attached hydrogen (secondary N) is 1. The van der Waals surface area contributed by atoms with Gasteiger partial charge in [0.2, 0.25) is 10.0 Å². The van der Waals surface area contributed by atoms with Crippen molar-refractivity contribution in [2.45, 2.75) is 25.4 Å². The summed E-state index contributed by atoms with van der Waals surface area (Å²) in [5, 5.41) is 0. The average molecular weight is 447 g/mol. The number of H-pyrrole nitrogens is 1. The normalized spacial score (nSPS) is 12.4. The van der Waals surface area contributed by atoms with Gasteiger partial charge in [-0.15, -0.1) is 0 Å². The van der Waals surface area contributed by atoms with E-state index in [1.165, 1.54) is 25.3 Å². The summed E-state index contributed by atoms with van der Waals surface area (Å²) in [7, 11) is -8.47. The molecule has 160 valence electrons. The first kappa shape index (κ1) is 23.2. The van der Waals surface area contributed by atoms with Gasteiger partial charge < -0.3 is 14.5 Å². The number of aromatic amines is 1. The average Bonchev–Trinajstić information content (AvgIpc) is 2.61. The highest BCUT2D eigenvalue weighted by Gasteiger charge is 2.25. The summed E-state index contributed by atoms with van der Waals surface area (Å²) in [4.78, 5) is 43.4. The van der Waals surface area contributed by atoms with E-state index >= 15 is 0 Å². The van der Waals surface area contributed by atoms with E-state index in [-0.39, 0.29) is 23.6 Å². The van der Waals surface area contributed by atoms with Gasteiger partial charge in [-0.1, -0.05) is 17.7 Å². The third-order valence-electron chi connectivity index (χ3n) is 3.90. The second kappa shape index (κ2) is 9.16. The molecule has 0 unspecified atom stereocenters. The Morgan fingerprint density at radius 1 is 1.17 bits per heavy atom. The van der Waals surface area contributed by atoms with Gasteiger partial charge in [0, 0.05) is 18.3 Å². The third-order valence-corrected chi connectivity index (χ3v) is 6.27. The summed E-state index contributed by atoms with van der Waals surface area (Å²) in [5.74, 6) is 0. The molecule has 0 saturated heterocycles. The van der Waals surface area contributed by atoms with Gasteiger partial charge in [0.05, 0.1) is 18.2 Å². The van der Waals surface area contributed by atoms with Gasteiger partial charge in [0.15, 0.2) is 0 Å². The van der Waals surface area contributed by atoms with Crippen LogP contribution in [0.1, 0.15) is 11.1 Å². The topological polar surface area (TPSA) is 159 Å². The minimum Gasteiger partial charge on any atom is -0.367 e. The minimum atomic E-state index is -4.40. The highest BCUT2D eigenvalue weighted by molar-refractivity contribution is 7.89. The van der Waals surface area contributed by atoms with Crippen LogP contribution in [-0.4, -0.2) is 51.6 Å². The lowest BCUT2D eigenvalue weighted by Gasteiger charge is -2.23. The van der Waals surface area contributed by atoms with Gasteiger partial charge >= 0.3 is 13.3 Å². The predicted molar refractivity (Wildman–Crippen MR) is 104 cm³/mol. The second-order valence-electron chi connectivity index (χ2n) is 6.38. The Morgan fingerprint density at radius 3 is 2.38 bits per heavy atom. The number of rotatable bonds is 9. The molecule has 0 atom stereocenters. The zero-order chi connectivity index (χ0) is 21.8. The molecule has 0 bridgehead atoms. The van der Waals surface area contributed by atoms with Crippen LogP contribution in [0.15, 0.2) is 44.9 Å². The van der Waals surface area contributed by atoms with E-state index in [1.807, 2.05) is 0 Å². The fourth-order valence-electron chi connectivity index (χ4n) is 2.37. The molecule has 0 spiro atoms. The Bertz CT molecular complexity index is 1120. The first-order chi connectivity index (χ1) is 13.4. The third kappa shape index (κ3) is 6.46. The van der Waals surface area contributed by atoms with Gasteiger partial charge in [0.1, 0.15) is 6.35 Å². The van der Waals surface area contributed by atoms with Gasteiger partial charge in [-0.25, -0.2) is 13.2 Å². The van der Waals surface area contributed by atoms with Crippen molar-refractivity contribution in [3.8, 4) is 0 Å². The van der Waals surface area contributed by atoms with Gasteiger partial charge in [-0.05, 0) is 26.0 Å². The molecule has 0 aliphatic rings. The van der Waals surface area contributed by atoms with Crippen LogP contribution in [0.25, 0.3) is 0 Å². The first-order valence-electron chi connectivity index (χ1n) is 8.39. The summed E-state index contributed by atoms with van der Waals surface area (Å²) in [5.41, 5.74) is -0.298. The fourth-order valence-corrected chi connectivity index (χ4v) is 4.11. The van der Waals surface area contributed by atoms with Crippen molar-refractivity contribution >= 4 is 17.6 Å². The van der Waals surface area contributed by atoms with Crippen LogP contribution in [0.3, 0.4) is 0 Å². The van der Waals surface area contributed by atoms with Crippen LogP contribution in [-0.2, 0) is 26.0 Å². The molecule has 11 nitrogen and oxygen atoms in total. The molecule has 13 heteroatoms. The largest absolute Gasteiger partial charge is 0.367 e. The van der Waals surface area contributed by atoms with E-state index in [1.54, 1.807) is 19.1 Å². The van der Waals surface area contributed by atoms with Gasteiger partial charge in [-0.3, -0.25) is 18.9 Å². The summed E-state index contributed by atoms with van der Waals surface area (Å²) < 4.78 is 43.8. The molecule has 0 radical (unpaired) electrons. The maximum Gasteiger partial charge on any atom is 0.350 e. The number of benzene rings is 1. The molecule has 1 aromatic carbocycles. The lowest BCUT2D eigenvalue weighted by atomic mass is 10.2. The molecule has 0 saturated carbocycles. The number of aryl methyl sites for hydroxylation is 2. The Morgan fingerprint density at radius 2 is 1.79 bits per heavy atom. The molecule has 2 aromatic rings. The van der Waals surface area contributed by atoms with Crippen LogP contribution in [0.4, 0.5) is 0 Å². The minimum absolute atomic E-state index is 0.0210. The smallest absolute Gasteiger partial charge is 0.350 e. The van der Waals surface area contributed by atoms with E-state index in [4.69, 9.17) is 14.5 Å². The second-order valence-corrected chi connectivity index (χ2v) is 9.90. The summed E-state index contributed by atoms with van der Waals surface area (Å²) in [6.45, 7) is 2.25. The number of hydrogen-bond donors (Lipinski definition) is 3. The molecule has 2 rings (SSSR count). The first-order valence-corrected chi connectivity index (χ1v) is 11.6. The molecule has 1 aromatic heterocycles. The molecular weight excluding hydrogens is 425 g/mol. The van der Waals surface area contributed by atoms with E-state index in [9.17, 15) is 22.6 Å². The van der Waals surface area contributed by atoms with Crippen LogP contribution < -0.4 is 11.2 Å². The number of ether oxygens (including phenoxy) is 1. The Balaban J connectivity index is 2.33. The number of sulfonamides is 1. The van der Waals surface area contributed by atoms with E-state index in [0.717, 1.165) is 14.4 Å². The van der Waals surface area contributed by atoms with Gasteiger partial charge in [-0.2, -0.15) is 4.31 Å². The molecule has 0 aliphatic carbocycles. The van der Waals surface area contributed by atoms with E-state index < -0.39 is 41.9 Å². The van der Waals surface area contributed by atoms with Crippen molar-refractivity contribution < 1.29 is 27.5 Å². The molecule has 0 fully saturated rings. The highest BCUT2D eigenvalue weighted by atomic mass is 32.2. The van der Waals surface area contributed by atoms with E-state index in [2.05, 4.69) is 4.98 Å². The van der Waals surface area contributed by atoms with Crippen LogP contribution >= 0.6 is 7.60 Å². The Labute approximate surface area is 166 Å². The quantitative estimate of drug-likeness (QED) is 0.357. The molecule has 29 heavy (non-hydrogen) atoms. The number of nitrogens with zero attached hydrogens (tertiary/aromatic N) is 2. The lowest BCUT2D eigenvalue weighted by molar-refractivity contribution is 0.138. The highest BCUT2D eigenvalue weighted by Crippen LogP contribution is 2.33. The molecular formula is C16H22N3O8PS. The molecule has 1 heterocycles. The summed E-state index contributed by atoms with van der Waals surface area (Å²) >= 11 is 0. The molecule has 0 aliphatic heterocycles. The summed E-state index contributed by atoms with van der Waals surface area (Å²) in [6, 6.07) is 6.06. The van der Waals surface area contributed by atoms with Crippen molar-refractivity contribution in [2.24, 2.45) is 0 Å². The van der Waals surface area contributed by atoms with Crippen molar-refractivity contribution in [3.05, 3.63) is 62.4 Å². The molecule has 0 amide bonds. The Hall–Kier alpha value is -2.08. The fraction of sp³-hybridized carbons (Fsp3) is 0.375. The van der Waals surface area contributed by atoms with Crippen molar-refractivity contribution in [1.29, 1.82) is 0 Å². The Kier molecular flexibility index (Phi) is 7.33. The standard InChI is InChI=1S/C16H22N3O8PS/c1-12-3-5-14(6-4-12)29(25,26)19(7-8-27-11-28(22,23)24)10-18-9-13(2)15(20)17-16(18)21/h3-6,9H,7-8,10-11H2,1-2H3,(H,17,20,21)(H2,22,23,24). The zero-order valence-electron chi connectivity index (χ0n) is 15.8. The lowest BCUT2D eigenvalue weighted by Crippen LogP contribution is -2.41. The molecule has 3 N–H and O–H groups in total. The number of hydrogen-bond acceptors (Lipinski definition) is 6. The van der Waals surface area contributed by atoms with Crippen molar-refractivity contribution in [1.82, 2.24) is 13.9 Å². The predicted octanol–water partition coefficient (Wildman–Crippen LogP) is -0.0464. The van der Waals surface area contributed by atoms with Crippen LogP contribution in [0.2, 0.25) is 0 Å². The van der Waals surface area contributed by atoms with Gasteiger partial charge in [0.25, 0.3) is 5.56 Å². The van der Waals surface area contributed by atoms with Crippen molar-refractivity contribution in [2.75, 3.05) is 19.5 Å². The maximum atomic E-state index is 13.0. The monoisotopic (exact) mass is 447 g/mol. The SMILES string of the molecule is Cc1ccc(S(=O)(=O)N(CCOCP(=O)(O)O)Cn2cc(C)c(=O)[nH]c2=O)cc1. The number of aromatic nitrogens is 2. The van der Waals surface area contributed by atoms with Crippen molar-refractivity contribution in [3.63, 3.8) is 0 Å². The van der Waals surface area contributed by atoms with E-state index in [0.29, 0.717) is 0 Å². The maximum absolute atomic E-state index is 13.0. The van der Waals surface area contributed by atoms with Crippen LogP contribution in [0.5, 0.6) is 0 Å². The van der Waals surface area contributed by atoms with Crippen LogP contribution in [0, 0.1) is 13.8 Å².